The van der Waals surface area contributed by atoms with Gasteiger partial charge in [-0.3, -0.25) is 13.9 Å². The van der Waals surface area contributed by atoms with E-state index >= 15 is 0 Å². The molecular formula is C29H33Cl2N3O5S. The highest BCUT2D eigenvalue weighted by Crippen LogP contribution is 2.27. The Kier molecular flexibility index (Phi) is 11.2. The van der Waals surface area contributed by atoms with E-state index in [1.165, 1.54) is 24.1 Å². The number of anilines is 1. The summed E-state index contributed by atoms with van der Waals surface area (Å²) in [5, 5.41) is 3.60. The Labute approximate surface area is 245 Å². The standard InChI is InChI=1S/C29H33Cl2N3O5S/c1-4-5-17-32-29(36)21(2)33(19-22-11-12-23(30)18-27(22)31)28(35)20-34(24-13-15-25(39-3)16-14-24)40(37,38)26-9-7-6-8-10-26/h6-16,18,21H,4-5,17,19-20H2,1-3H3,(H,32,36)/t21-/m0/s1. The van der Waals surface area contributed by atoms with E-state index in [1.807, 2.05) is 6.92 Å². The first-order chi connectivity index (χ1) is 19.1. The number of ether oxygens (including phenoxy) is 1. The van der Waals surface area contributed by atoms with Crippen LogP contribution in [0.5, 0.6) is 5.75 Å². The number of halogens is 2. The average molecular weight is 607 g/mol. The van der Waals surface area contributed by atoms with E-state index in [9.17, 15) is 18.0 Å². The number of sulfonamides is 1. The van der Waals surface area contributed by atoms with E-state index in [-0.39, 0.29) is 23.0 Å². The van der Waals surface area contributed by atoms with Crippen LogP contribution in [0.3, 0.4) is 0 Å². The fraction of sp³-hybridized carbons (Fsp3) is 0.310. The van der Waals surface area contributed by atoms with Gasteiger partial charge in [0, 0.05) is 23.1 Å². The first kappa shape index (κ1) is 31.3. The topological polar surface area (TPSA) is 96.0 Å². The molecule has 3 rings (SSSR count). The molecule has 0 aromatic heterocycles. The van der Waals surface area contributed by atoms with Crippen molar-refractivity contribution in [2.45, 2.75) is 44.2 Å². The zero-order valence-corrected chi connectivity index (χ0v) is 25.0. The molecule has 1 N–H and O–H groups in total. The van der Waals surface area contributed by atoms with Crippen LogP contribution in [-0.2, 0) is 26.2 Å². The van der Waals surface area contributed by atoms with Crippen LogP contribution < -0.4 is 14.4 Å². The van der Waals surface area contributed by atoms with Gasteiger partial charge in [-0.25, -0.2) is 8.42 Å². The smallest absolute Gasteiger partial charge is 0.264 e. The predicted molar refractivity (Wildman–Crippen MR) is 158 cm³/mol. The van der Waals surface area contributed by atoms with Gasteiger partial charge < -0.3 is 15.0 Å². The SMILES string of the molecule is CCCCNC(=O)[C@H](C)N(Cc1ccc(Cl)cc1Cl)C(=O)CN(c1ccc(OC)cc1)S(=O)(=O)c1ccccc1. The van der Waals surface area contributed by atoms with Crippen molar-refractivity contribution in [2.24, 2.45) is 0 Å². The Hall–Kier alpha value is -3.27. The second-order valence-electron chi connectivity index (χ2n) is 9.10. The molecule has 1 atom stereocenters. The van der Waals surface area contributed by atoms with Crippen LogP contribution in [0.15, 0.2) is 77.7 Å². The van der Waals surface area contributed by atoms with Crippen molar-refractivity contribution in [3.05, 3.63) is 88.4 Å². The molecule has 2 amide bonds. The van der Waals surface area contributed by atoms with Gasteiger partial charge in [0.05, 0.1) is 17.7 Å². The van der Waals surface area contributed by atoms with Crippen molar-refractivity contribution in [1.29, 1.82) is 0 Å². The third-order valence-electron chi connectivity index (χ3n) is 6.32. The largest absolute Gasteiger partial charge is 0.497 e. The Morgan fingerprint density at radius 2 is 1.68 bits per heavy atom. The van der Waals surface area contributed by atoms with E-state index in [0.29, 0.717) is 27.9 Å². The maximum atomic E-state index is 13.9. The van der Waals surface area contributed by atoms with E-state index < -0.39 is 28.5 Å². The van der Waals surface area contributed by atoms with Gasteiger partial charge in [-0.1, -0.05) is 60.8 Å². The van der Waals surface area contributed by atoms with Crippen LogP contribution >= 0.6 is 23.2 Å². The molecule has 11 heteroatoms. The van der Waals surface area contributed by atoms with Crippen LogP contribution in [0, 0.1) is 0 Å². The van der Waals surface area contributed by atoms with E-state index in [1.54, 1.807) is 67.6 Å². The molecule has 0 saturated heterocycles. The minimum absolute atomic E-state index is 0.0243. The molecule has 0 fully saturated rings. The fourth-order valence-corrected chi connectivity index (χ4v) is 5.85. The van der Waals surface area contributed by atoms with Gasteiger partial charge in [-0.2, -0.15) is 0 Å². The Morgan fingerprint density at radius 1 is 1.00 bits per heavy atom. The van der Waals surface area contributed by atoms with Crippen molar-refractivity contribution >= 4 is 50.7 Å². The minimum atomic E-state index is -4.15. The number of nitrogens with one attached hydrogen (secondary N) is 1. The molecule has 0 aliphatic rings. The van der Waals surface area contributed by atoms with Gasteiger partial charge in [0.2, 0.25) is 11.8 Å². The number of rotatable bonds is 13. The number of benzene rings is 3. The third-order valence-corrected chi connectivity index (χ3v) is 8.70. The van der Waals surface area contributed by atoms with Gasteiger partial charge in [-0.05, 0) is 67.4 Å². The molecule has 0 heterocycles. The average Bonchev–Trinajstić information content (AvgIpc) is 2.95. The summed E-state index contributed by atoms with van der Waals surface area (Å²) in [4.78, 5) is 28.3. The summed E-state index contributed by atoms with van der Waals surface area (Å²) in [6.45, 7) is 3.49. The summed E-state index contributed by atoms with van der Waals surface area (Å²) in [6, 6.07) is 18.2. The van der Waals surface area contributed by atoms with Crippen molar-refractivity contribution < 1.29 is 22.7 Å². The van der Waals surface area contributed by atoms with Gasteiger partial charge >= 0.3 is 0 Å². The number of nitrogens with zero attached hydrogens (tertiary/aromatic N) is 2. The summed E-state index contributed by atoms with van der Waals surface area (Å²) in [6.07, 6.45) is 1.68. The summed E-state index contributed by atoms with van der Waals surface area (Å²) >= 11 is 12.5. The number of methoxy groups -OCH3 is 1. The quantitative estimate of drug-likeness (QED) is 0.258. The van der Waals surface area contributed by atoms with Gasteiger partial charge in [0.1, 0.15) is 18.3 Å². The Balaban J connectivity index is 2.01. The molecule has 3 aromatic rings. The molecule has 0 bridgehead atoms. The molecule has 214 valence electrons. The van der Waals surface area contributed by atoms with Gasteiger partial charge in [0.25, 0.3) is 10.0 Å². The zero-order valence-electron chi connectivity index (χ0n) is 22.6. The highest BCUT2D eigenvalue weighted by Gasteiger charge is 2.32. The lowest BCUT2D eigenvalue weighted by atomic mass is 10.1. The molecule has 0 radical (unpaired) electrons. The maximum absolute atomic E-state index is 13.9. The van der Waals surface area contributed by atoms with Gasteiger partial charge in [0.15, 0.2) is 0 Å². The zero-order chi connectivity index (χ0) is 29.3. The molecule has 40 heavy (non-hydrogen) atoms. The van der Waals surface area contributed by atoms with Crippen LogP contribution in [-0.4, -0.2) is 51.4 Å². The summed E-state index contributed by atoms with van der Waals surface area (Å²) in [5.74, 6) is -0.406. The normalized spacial score (nSPS) is 11.9. The Bertz CT molecular complexity index is 1400. The number of carbonyl (C=O) groups excluding carboxylic acids is 2. The summed E-state index contributed by atoms with van der Waals surface area (Å²) in [7, 11) is -2.65. The first-order valence-corrected chi connectivity index (χ1v) is 15.0. The summed E-state index contributed by atoms with van der Waals surface area (Å²) in [5.41, 5.74) is 0.831. The van der Waals surface area contributed by atoms with Crippen molar-refractivity contribution in [3.8, 4) is 5.75 Å². The lowest BCUT2D eigenvalue weighted by Crippen LogP contribution is -2.51. The van der Waals surface area contributed by atoms with Gasteiger partial charge in [-0.15, -0.1) is 0 Å². The minimum Gasteiger partial charge on any atom is -0.497 e. The van der Waals surface area contributed by atoms with Crippen LogP contribution in [0.1, 0.15) is 32.3 Å². The lowest BCUT2D eigenvalue weighted by Gasteiger charge is -2.32. The highest BCUT2D eigenvalue weighted by atomic mass is 35.5. The molecule has 0 spiro atoms. The number of hydrogen-bond acceptors (Lipinski definition) is 5. The van der Waals surface area contributed by atoms with E-state index in [4.69, 9.17) is 27.9 Å². The maximum Gasteiger partial charge on any atom is 0.264 e. The third kappa shape index (κ3) is 7.90. The second-order valence-corrected chi connectivity index (χ2v) is 11.8. The van der Waals surface area contributed by atoms with E-state index in [2.05, 4.69) is 5.32 Å². The molecule has 0 aliphatic heterocycles. The van der Waals surface area contributed by atoms with E-state index in [0.717, 1.165) is 17.1 Å². The molecular weight excluding hydrogens is 573 g/mol. The monoisotopic (exact) mass is 605 g/mol. The molecule has 8 nitrogen and oxygen atoms in total. The highest BCUT2D eigenvalue weighted by molar-refractivity contribution is 7.92. The molecule has 0 aliphatic carbocycles. The first-order valence-electron chi connectivity index (χ1n) is 12.8. The molecule has 0 saturated carbocycles. The number of amides is 2. The van der Waals surface area contributed by atoms with Crippen molar-refractivity contribution in [3.63, 3.8) is 0 Å². The number of hydrogen-bond donors (Lipinski definition) is 1. The predicted octanol–water partition coefficient (Wildman–Crippen LogP) is 5.53. The van der Waals surface area contributed by atoms with Crippen LogP contribution in [0.4, 0.5) is 5.69 Å². The summed E-state index contributed by atoms with van der Waals surface area (Å²) < 4.78 is 33.8. The Morgan fingerprint density at radius 3 is 2.27 bits per heavy atom. The fourth-order valence-electron chi connectivity index (χ4n) is 3.95. The van der Waals surface area contributed by atoms with Crippen LogP contribution in [0.2, 0.25) is 10.0 Å². The second kappa shape index (κ2) is 14.4. The molecule has 0 unspecified atom stereocenters. The van der Waals surface area contributed by atoms with Crippen molar-refractivity contribution in [1.82, 2.24) is 10.2 Å². The number of unbranched alkanes of at least 4 members (excludes halogenated alkanes) is 1. The number of carbonyl (C=O) groups is 2. The van der Waals surface area contributed by atoms with Crippen molar-refractivity contribution in [2.75, 3.05) is 24.5 Å². The van der Waals surface area contributed by atoms with Crippen LogP contribution in [0.25, 0.3) is 0 Å². The lowest BCUT2D eigenvalue weighted by molar-refractivity contribution is -0.139. The molecule has 3 aromatic carbocycles.